The first-order chi connectivity index (χ1) is 8.11. The normalized spacial score (nSPS) is 9.76. The Morgan fingerprint density at radius 3 is 2.24 bits per heavy atom. The summed E-state index contributed by atoms with van der Waals surface area (Å²) in [6, 6.07) is 9.45. The van der Waals surface area contributed by atoms with Crippen molar-refractivity contribution in [2.24, 2.45) is 0 Å². The molecule has 0 bridgehead atoms. The van der Waals surface area contributed by atoms with Gasteiger partial charge in [-0.1, -0.05) is 18.2 Å². The van der Waals surface area contributed by atoms with Gasteiger partial charge < -0.3 is 4.74 Å². The lowest BCUT2D eigenvalue weighted by Gasteiger charge is -2.16. The summed E-state index contributed by atoms with van der Waals surface area (Å²) < 4.78 is 5.47. The third-order valence-electron chi connectivity index (χ3n) is 2.30. The zero-order valence-electron chi connectivity index (χ0n) is 10.2. The number of hydrogen-bond acceptors (Lipinski definition) is 3. The first-order valence-corrected chi connectivity index (χ1v) is 5.58. The molecule has 0 aliphatic carbocycles. The Morgan fingerprint density at radius 1 is 1.12 bits per heavy atom. The molecule has 1 aromatic carbocycles. The summed E-state index contributed by atoms with van der Waals surface area (Å²) in [7, 11) is 0. The molecule has 0 radical (unpaired) electrons. The Labute approximate surface area is 101 Å². The van der Waals surface area contributed by atoms with E-state index in [1.165, 1.54) is 18.7 Å². The fourth-order valence-electron chi connectivity index (χ4n) is 1.47. The van der Waals surface area contributed by atoms with Crippen LogP contribution in [0.3, 0.4) is 0 Å². The highest BCUT2D eigenvalue weighted by molar-refractivity contribution is 5.92. The maximum atomic E-state index is 11.1. The summed E-state index contributed by atoms with van der Waals surface area (Å²) in [6.45, 7) is 3.66. The van der Waals surface area contributed by atoms with E-state index in [1.54, 1.807) is 0 Å². The highest BCUT2D eigenvalue weighted by Gasteiger charge is 2.12. The predicted molar refractivity (Wildman–Crippen MR) is 64.6 cm³/mol. The molecule has 0 spiro atoms. The Hall–Kier alpha value is -1.84. The topological polar surface area (TPSA) is 46.6 Å². The molecule has 4 heteroatoms. The van der Waals surface area contributed by atoms with Gasteiger partial charge in [-0.05, 0) is 18.6 Å². The molecule has 0 heterocycles. The van der Waals surface area contributed by atoms with E-state index in [0.717, 1.165) is 5.75 Å². The maximum Gasteiger partial charge on any atom is 0.226 e. The van der Waals surface area contributed by atoms with Crippen LogP contribution in [0, 0.1) is 0 Å². The molecule has 1 rings (SSSR count). The third-order valence-corrected chi connectivity index (χ3v) is 2.30. The minimum Gasteiger partial charge on any atom is -0.494 e. The first-order valence-electron chi connectivity index (χ1n) is 5.58. The van der Waals surface area contributed by atoms with Gasteiger partial charge >= 0.3 is 0 Å². The lowest BCUT2D eigenvalue weighted by molar-refractivity contribution is -0.142. The van der Waals surface area contributed by atoms with Gasteiger partial charge in [0.2, 0.25) is 11.8 Å². The van der Waals surface area contributed by atoms with Crippen LogP contribution >= 0.6 is 0 Å². The molecule has 4 nitrogen and oxygen atoms in total. The van der Waals surface area contributed by atoms with E-state index in [-0.39, 0.29) is 11.8 Å². The van der Waals surface area contributed by atoms with E-state index in [0.29, 0.717) is 19.6 Å². The molecule has 2 amide bonds. The van der Waals surface area contributed by atoms with Crippen molar-refractivity contribution < 1.29 is 14.3 Å². The van der Waals surface area contributed by atoms with Gasteiger partial charge in [0.25, 0.3) is 0 Å². The van der Waals surface area contributed by atoms with Crippen LogP contribution in [0.15, 0.2) is 30.3 Å². The van der Waals surface area contributed by atoms with Crippen molar-refractivity contribution in [1.29, 1.82) is 0 Å². The van der Waals surface area contributed by atoms with Crippen LogP contribution in [-0.2, 0) is 9.59 Å². The smallest absolute Gasteiger partial charge is 0.226 e. The first kappa shape index (κ1) is 13.2. The van der Waals surface area contributed by atoms with E-state index in [2.05, 4.69) is 0 Å². The van der Waals surface area contributed by atoms with Gasteiger partial charge in [-0.25, -0.2) is 0 Å². The van der Waals surface area contributed by atoms with E-state index in [9.17, 15) is 9.59 Å². The summed E-state index contributed by atoms with van der Waals surface area (Å²) in [5, 5.41) is 0. The highest BCUT2D eigenvalue weighted by Crippen LogP contribution is 2.08. The molecule has 0 fully saturated rings. The van der Waals surface area contributed by atoms with Gasteiger partial charge in [0.1, 0.15) is 5.75 Å². The number of hydrogen-bond donors (Lipinski definition) is 0. The van der Waals surface area contributed by atoms with Gasteiger partial charge in [0.05, 0.1) is 6.61 Å². The van der Waals surface area contributed by atoms with E-state index >= 15 is 0 Å². The van der Waals surface area contributed by atoms with Crippen molar-refractivity contribution in [2.45, 2.75) is 20.3 Å². The predicted octanol–water partition coefficient (Wildman–Crippen LogP) is 1.85. The molecule has 1 aromatic rings. The molecule has 92 valence electrons. The van der Waals surface area contributed by atoms with Crippen LogP contribution in [0.1, 0.15) is 20.3 Å². The Balaban J connectivity index is 2.28. The summed E-state index contributed by atoms with van der Waals surface area (Å²) in [5.74, 6) is 0.346. The zero-order chi connectivity index (χ0) is 12.7. The molecule has 0 aliphatic rings. The highest BCUT2D eigenvalue weighted by atomic mass is 16.5. The minimum absolute atomic E-state index is 0.225. The van der Waals surface area contributed by atoms with E-state index < -0.39 is 0 Å². The Kier molecular flexibility index (Phi) is 5.20. The zero-order valence-corrected chi connectivity index (χ0v) is 10.2. The quantitative estimate of drug-likeness (QED) is 0.732. The van der Waals surface area contributed by atoms with Crippen molar-refractivity contribution in [3.8, 4) is 5.75 Å². The number of carbonyl (C=O) groups is 2. The Morgan fingerprint density at radius 2 is 1.71 bits per heavy atom. The molecular weight excluding hydrogens is 218 g/mol. The lowest BCUT2D eigenvalue weighted by atomic mass is 10.3. The molecule has 0 aromatic heterocycles. The standard InChI is InChI=1S/C13H17NO3/c1-11(15)14(12(2)16)9-6-10-17-13-7-4-3-5-8-13/h3-5,7-8H,6,9-10H2,1-2H3. The van der Waals surface area contributed by atoms with Crippen LogP contribution in [0.2, 0.25) is 0 Å². The van der Waals surface area contributed by atoms with Crippen LogP contribution in [0.5, 0.6) is 5.75 Å². The van der Waals surface area contributed by atoms with Crippen molar-refractivity contribution >= 4 is 11.8 Å². The molecule has 0 unspecified atom stereocenters. The number of benzene rings is 1. The van der Waals surface area contributed by atoms with Crippen LogP contribution in [0.25, 0.3) is 0 Å². The minimum atomic E-state index is -0.225. The molecule has 0 saturated carbocycles. The van der Waals surface area contributed by atoms with E-state index in [4.69, 9.17) is 4.74 Å². The number of amides is 2. The average Bonchev–Trinajstić information content (AvgIpc) is 2.29. The SMILES string of the molecule is CC(=O)N(CCCOc1ccccc1)C(C)=O. The number of nitrogens with zero attached hydrogens (tertiary/aromatic N) is 1. The van der Waals surface area contributed by atoms with Gasteiger partial charge in [-0.15, -0.1) is 0 Å². The fourth-order valence-corrected chi connectivity index (χ4v) is 1.47. The van der Waals surface area contributed by atoms with Crippen molar-refractivity contribution in [3.05, 3.63) is 30.3 Å². The van der Waals surface area contributed by atoms with Gasteiger partial charge in [0.15, 0.2) is 0 Å². The second-order valence-electron chi connectivity index (χ2n) is 3.70. The molecule has 0 saturated heterocycles. The Bertz CT molecular complexity index is 362. The van der Waals surface area contributed by atoms with Crippen molar-refractivity contribution in [3.63, 3.8) is 0 Å². The average molecular weight is 235 g/mol. The number of ether oxygens (including phenoxy) is 1. The number of carbonyl (C=O) groups excluding carboxylic acids is 2. The molecule has 0 N–H and O–H groups in total. The molecule has 17 heavy (non-hydrogen) atoms. The number of para-hydroxylation sites is 1. The number of imide groups is 1. The molecule has 0 atom stereocenters. The van der Waals surface area contributed by atoms with Crippen LogP contribution < -0.4 is 4.74 Å². The second-order valence-corrected chi connectivity index (χ2v) is 3.70. The largest absolute Gasteiger partial charge is 0.494 e. The second kappa shape index (κ2) is 6.68. The van der Waals surface area contributed by atoms with Crippen molar-refractivity contribution in [2.75, 3.05) is 13.2 Å². The molecular formula is C13H17NO3. The monoisotopic (exact) mass is 235 g/mol. The number of rotatable bonds is 5. The molecule has 0 aliphatic heterocycles. The van der Waals surface area contributed by atoms with E-state index in [1.807, 2.05) is 30.3 Å². The lowest BCUT2D eigenvalue weighted by Crippen LogP contribution is -2.34. The summed E-state index contributed by atoms with van der Waals surface area (Å²) in [6.07, 6.45) is 0.633. The summed E-state index contributed by atoms with van der Waals surface area (Å²) >= 11 is 0. The van der Waals surface area contributed by atoms with Crippen LogP contribution in [0.4, 0.5) is 0 Å². The van der Waals surface area contributed by atoms with Crippen LogP contribution in [-0.4, -0.2) is 29.9 Å². The maximum absolute atomic E-state index is 11.1. The van der Waals surface area contributed by atoms with Crippen molar-refractivity contribution in [1.82, 2.24) is 4.90 Å². The van der Waals surface area contributed by atoms with Gasteiger partial charge in [-0.2, -0.15) is 0 Å². The summed E-state index contributed by atoms with van der Waals surface area (Å²) in [4.78, 5) is 23.4. The fraction of sp³-hybridized carbons (Fsp3) is 0.385. The van der Waals surface area contributed by atoms with Gasteiger partial charge in [-0.3, -0.25) is 14.5 Å². The summed E-state index contributed by atoms with van der Waals surface area (Å²) in [5.41, 5.74) is 0. The third kappa shape index (κ3) is 4.68. The van der Waals surface area contributed by atoms with Gasteiger partial charge in [0, 0.05) is 20.4 Å².